The van der Waals surface area contributed by atoms with Crippen molar-refractivity contribution >= 4 is 5.97 Å². The Morgan fingerprint density at radius 2 is 2.18 bits per heavy atom. The number of halogens is 1. The second-order valence-electron chi connectivity index (χ2n) is 4.08. The first-order chi connectivity index (χ1) is 7.88. The minimum Gasteiger partial charge on any atom is -0.488 e. The molecule has 0 aromatic heterocycles. The minimum absolute atomic E-state index is 0.0746. The Hall–Kier alpha value is -1.62. The van der Waals surface area contributed by atoms with Crippen molar-refractivity contribution in [3.63, 3.8) is 0 Å². The Balaban J connectivity index is 2.74. The number of carbonyl (C=O) groups excluding carboxylic acids is 1. The lowest BCUT2D eigenvalue weighted by atomic mass is 10.1. The summed E-state index contributed by atoms with van der Waals surface area (Å²) < 4.78 is 23.3. The normalized spacial score (nSPS) is 13.9. The monoisotopic (exact) mass is 241 g/mol. The fourth-order valence-electron chi connectivity index (χ4n) is 1.25. The van der Waals surface area contributed by atoms with Crippen LogP contribution in [0.4, 0.5) is 4.39 Å². The lowest BCUT2D eigenvalue weighted by Crippen LogP contribution is -2.50. The largest absolute Gasteiger partial charge is 0.488 e. The number of benzene rings is 1. The van der Waals surface area contributed by atoms with Gasteiger partial charge in [-0.05, 0) is 25.5 Å². The third kappa shape index (κ3) is 3.17. The van der Waals surface area contributed by atoms with Gasteiger partial charge in [-0.15, -0.1) is 0 Å². The molecule has 0 saturated heterocycles. The number of hydrogen-bond acceptors (Lipinski definition) is 4. The first-order valence-corrected chi connectivity index (χ1v) is 5.13. The summed E-state index contributed by atoms with van der Waals surface area (Å²) in [6, 6.07) is 4.78. The van der Waals surface area contributed by atoms with Crippen LogP contribution in [-0.4, -0.2) is 25.2 Å². The second-order valence-corrected chi connectivity index (χ2v) is 4.08. The number of esters is 1. The molecule has 0 saturated carbocycles. The zero-order valence-electron chi connectivity index (χ0n) is 10.1. The molecule has 0 spiro atoms. The summed E-state index contributed by atoms with van der Waals surface area (Å²) in [5.41, 5.74) is 4.86. The zero-order valence-corrected chi connectivity index (χ0v) is 10.1. The van der Waals surface area contributed by atoms with Crippen LogP contribution in [-0.2, 0) is 9.53 Å². The number of ether oxygens (including phenoxy) is 2. The van der Waals surface area contributed by atoms with E-state index in [1.807, 2.05) is 0 Å². The van der Waals surface area contributed by atoms with Crippen LogP contribution in [0.5, 0.6) is 5.75 Å². The number of nitrogens with two attached hydrogens (primary N) is 1. The molecule has 0 fully saturated rings. The molecule has 1 atom stereocenters. The van der Waals surface area contributed by atoms with Crippen molar-refractivity contribution in [1.29, 1.82) is 0 Å². The van der Waals surface area contributed by atoms with Crippen molar-refractivity contribution in [2.75, 3.05) is 13.7 Å². The van der Waals surface area contributed by atoms with Gasteiger partial charge in [-0.1, -0.05) is 12.1 Å². The van der Waals surface area contributed by atoms with E-state index in [0.717, 1.165) is 0 Å². The van der Waals surface area contributed by atoms with Gasteiger partial charge in [-0.3, -0.25) is 0 Å². The molecule has 1 aromatic rings. The first kappa shape index (κ1) is 13.4. The SMILES string of the molecule is COC(=O)C(C)(N)COc1cccc(C)c1F. The standard InChI is InChI=1S/C12H16FNO3/c1-8-5-4-6-9(10(8)13)17-7-12(2,14)11(15)16-3/h4-6H,7,14H2,1-3H3. The second kappa shape index (κ2) is 5.14. The third-order valence-electron chi connectivity index (χ3n) is 2.34. The number of hydrogen-bond donors (Lipinski definition) is 1. The molecule has 4 nitrogen and oxygen atoms in total. The number of methoxy groups -OCH3 is 1. The van der Waals surface area contributed by atoms with Crippen molar-refractivity contribution in [2.24, 2.45) is 5.73 Å². The van der Waals surface area contributed by atoms with Gasteiger partial charge < -0.3 is 15.2 Å². The Labute approximate surface area is 99.5 Å². The van der Waals surface area contributed by atoms with Crippen molar-refractivity contribution in [2.45, 2.75) is 19.4 Å². The van der Waals surface area contributed by atoms with Gasteiger partial charge in [-0.2, -0.15) is 0 Å². The third-order valence-corrected chi connectivity index (χ3v) is 2.34. The summed E-state index contributed by atoms with van der Waals surface area (Å²) >= 11 is 0. The molecular weight excluding hydrogens is 225 g/mol. The summed E-state index contributed by atoms with van der Waals surface area (Å²) in [7, 11) is 1.24. The molecule has 0 aliphatic rings. The summed E-state index contributed by atoms with van der Waals surface area (Å²) in [6.45, 7) is 2.94. The smallest absolute Gasteiger partial charge is 0.329 e. The van der Waals surface area contributed by atoms with Crippen molar-refractivity contribution in [3.8, 4) is 5.75 Å². The lowest BCUT2D eigenvalue weighted by Gasteiger charge is -2.21. The molecular formula is C12H16FNO3. The van der Waals surface area contributed by atoms with E-state index < -0.39 is 17.3 Å². The Morgan fingerprint density at radius 1 is 1.53 bits per heavy atom. The Kier molecular flexibility index (Phi) is 4.07. The number of carbonyl (C=O) groups is 1. The van der Waals surface area contributed by atoms with Crippen LogP contribution in [0.3, 0.4) is 0 Å². The quantitative estimate of drug-likeness (QED) is 0.809. The van der Waals surface area contributed by atoms with E-state index in [4.69, 9.17) is 10.5 Å². The highest BCUT2D eigenvalue weighted by Crippen LogP contribution is 2.20. The van der Waals surface area contributed by atoms with Crippen LogP contribution in [0, 0.1) is 12.7 Å². The van der Waals surface area contributed by atoms with E-state index in [0.29, 0.717) is 5.56 Å². The molecule has 0 aliphatic heterocycles. The predicted molar refractivity (Wildman–Crippen MR) is 61.2 cm³/mol. The molecule has 17 heavy (non-hydrogen) atoms. The van der Waals surface area contributed by atoms with Crippen LogP contribution in [0.2, 0.25) is 0 Å². The van der Waals surface area contributed by atoms with Gasteiger partial charge in [0.25, 0.3) is 0 Å². The topological polar surface area (TPSA) is 61.5 Å². The first-order valence-electron chi connectivity index (χ1n) is 5.13. The van der Waals surface area contributed by atoms with E-state index >= 15 is 0 Å². The zero-order chi connectivity index (χ0) is 13.1. The summed E-state index contributed by atoms with van der Waals surface area (Å²) in [6.07, 6.45) is 0. The van der Waals surface area contributed by atoms with Crippen LogP contribution < -0.4 is 10.5 Å². The molecule has 0 aliphatic carbocycles. The molecule has 1 rings (SSSR count). The van der Waals surface area contributed by atoms with Gasteiger partial charge in [-0.25, -0.2) is 9.18 Å². The molecule has 0 radical (unpaired) electrons. The highest BCUT2D eigenvalue weighted by Gasteiger charge is 2.30. The molecule has 2 N–H and O–H groups in total. The maximum atomic E-state index is 13.6. The van der Waals surface area contributed by atoms with Crippen molar-refractivity contribution in [3.05, 3.63) is 29.6 Å². The Morgan fingerprint density at radius 3 is 2.76 bits per heavy atom. The highest BCUT2D eigenvalue weighted by atomic mass is 19.1. The van der Waals surface area contributed by atoms with Crippen LogP contribution in [0.1, 0.15) is 12.5 Å². The number of rotatable bonds is 4. The van der Waals surface area contributed by atoms with Gasteiger partial charge in [0.15, 0.2) is 11.6 Å². The molecule has 1 aromatic carbocycles. The van der Waals surface area contributed by atoms with E-state index in [1.54, 1.807) is 19.1 Å². The predicted octanol–water partition coefficient (Wildman–Crippen LogP) is 1.40. The summed E-state index contributed by atoms with van der Waals surface area (Å²) in [5, 5.41) is 0. The van der Waals surface area contributed by atoms with Gasteiger partial charge in [0.1, 0.15) is 12.1 Å². The summed E-state index contributed by atoms with van der Waals surface area (Å²) in [5.74, 6) is -0.982. The van der Waals surface area contributed by atoms with E-state index in [2.05, 4.69) is 4.74 Å². The molecule has 0 heterocycles. The maximum Gasteiger partial charge on any atom is 0.329 e. The van der Waals surface area contributed by atoms with Gasteiger partial charge in [0.2, 0.25) is 0 Å². The molecule has 5 heteroatoms. The van der Waals surface area contributed by atoms with Crippen molar-refractivity contribution in [1.82, 2.24) is 0 Å². The molecule has 0 amide bonds. The minimum atomic E-state index is -1.30. The average Bonchev–Trinajstić information content (AvgIpc) is 2.30. The van der Waals surface area contributed by atoms with E-state index in [9.17, 15) is 9.18 Å². The number of aryl methyl sites for hydroxylation is 1. The van der Waals surface area contributed by atoms with Gasteiger partial charge >= 0.3 is 5.97 Å². The van der Waals surface area contributed by atoms with Gasteiger partial charge in [0.05, 0.1) is 7.11 Å². The van der Waals surface area contributed by atoms with E-state index in [1.165, 1.54) is 20.1 Å². The van der Waals surface area contributed by atoms with Crippen LogP contribution >= 0.6 is 0 Å². The fraction of sp³-hybridized carbons (Fsp3) is 0.417. The van der Waals surface area contributed by atoms with E-state index in [-0.39, 0.29) is 12.4 Å². The average molecular weight is 241 g/mol. The van der Waals surface area contributed by atoms with Crippen LogP contribution in [0.15, 0.2) is 18.2 Å². The fourth-order valence-corrected chi connectivity index (χ4v) is 1.25. The lowest BCUT2D eigenvalue weighted by molar-refractivity contribution is -0.147. The van der Waals surface area contributed by atoms with Gasteiger partial charge in [0, 0.05) is 0 Å². The highest BCUT2D eigenvalue weighted by molar-refractivity contribution is 5.80. The maximum absolute atomic E-state index is 13.6. The Bertz CT molecular complexity index is 418. The molecule has 94 valence electrons. The van der Waals surface area contributed by atoms with Crippen LogP contribution in [0.25, 0.3) is 0 Å². The van der Waals surface area contributed by atoms with Crippen molar-refractivity contribution < 1.29 is 18.7 Å². The molecule has 0 bridgehead atoms. The summed E-state index contributed by atoms with van der Waals surface area (Å²) in [4.78, 5) is 11.3. The molecule has 1 unspecified atom stereocenters.